The van der Waals surface area contributed by atoms with E-state index in [1.54, 1.807) is 17.9 Å². The number of aryl methyl sites for hydroxylation is 1. The van der Waals surface area contributed by atoms with Gasteiger partial charge in [-0.15, -0.1) is 16.7 Å². The van der Waals surface area contributed by atoms with Gasteiger partial charge >= 0.3 is 0 Å². The van der Waals surface area contributed by atoms with Gasteiger partial charge in [0.1, 0.15) is 18.1 Å². The average Bonchev–Trinajstić information content (AvgIpc) is 2.81. The molecular weight excluding hydrogens is 272 g/mol. The highest BCUT2D eigenvalue weighted by Gasteiger charge is 2.11. The molecule has 2 rings (SSSR count). The summed E-state index contributed by atoms with van der Waals surface area (Å²) in [4.78, 5) is 10.2. The van der Waals surface area contributed by atoms with Gasteiger partial charge < -0.3 is 4.74 Å². The minimum absolute atomic E-state index is 0.0116. The highest BCUT2D eigenvalue weighted by atomic mass is 35.5. The average molecular weight is 283 g/mol. The molecule has 0 radical (unpaired) electrons. The Kier molecular flexibility index (Phi) is 3.96. The van der Waals surface area contributed by atoms with E-state index in [2.05, 4.69) is 10.3 Å². The van der Waals surface area contributed by atoms with E-state index in [-0.39, 0.29) is 18.2 Å². The van der Waals surface area contributed by atoms with E-state index in [0.717, 1.165) is 0 Å². The van der Waals surface area contributed by atoms with Crippen LogP contribution in [0.5, 0.6) is 5.75 Å². The van der Waals surface area contributed by atoms with Crippen molar-refractivity contribution in [2.24, 2.45) is 7.05 Å². The van der Waals surface area contributed by atoms with E-state index in [1.165, 1.54) is 18.2 Å². The minimum atomic E-state index is -0.470. The van der Waals surface area contributed by atoms with Crippen LogP contribution < -0.4 is 4.74 Å². The summed E-state index contributed by atoms with van der Waals surface area (Å²) in [6.45, 7) is 0.232. The summed E-state index contributed by atoms with van der Waals surface area (Å²) in [7, 11) is 1.76. The zero-order chi connectivity index (χ0) is 13.8. The number of benzene rings is 1. The van der Waals surface area contributed by atoms with Crippen LogP contribution in [-0.4, -0.2) is 19.9 Å². The summed E-state index contributed by atoms with van der Waals surface area (Å²) >= 11 is 5.76. The maximum atomic E-state index is 10.7. The van der Waals surface area contributed by atoms with Gasteiger partial charge in [0.2, 0.25) is 0 Å². The number of nitro groups is 1. The molecule has 0 amide bonds. The van der Waals surface area contributed by atoms with Crippen LogP contribution in [0.1, 0.15) is 11.3 Å². The van der Waals surface area contributed by atoms with Crippen LogP contribution in [0.2, 0.25) is 0 Å². The first kappa shape index (κ1) is 13.3. The third-order valence-corrected chi connectivity index (χ3v) is 2.71. The van der Waals surface area contributed by atoms with E-state index in [1.807, 2.05) is 0 Å². The first-order chi connectivity index (χ1) is 9.10. The van der Waals surface area contributed by atoms with Crippen molar-refractivity contribution in [3.05, 3.63) is 45.8 Å². The molecule has 0 saturated carbocycles. The standard InChI is InChI=1S/C11H11ClN4O3/c1-15-6-9(13-14-15)7-19-11-3-2-10(16(17)18)4-8(11)5-12/h2-4,6H,5,7H2,1H3. The number of alkyl halides is 1. The van der Waals surface area contributed by atoms with Gasteiger partial charge in [0, 0.05) is 24.7 Å². The van der Waals surface area contributed by atoms with Crippen molar-refractivity contribution < 1.29 is 9.66 Å². The molecule has 2 aromatic rings. The van der Waals surface area contributed by atoms with Crippen LogP contribution in [0.25, 0.3) is 0 Å². The Balaban J connectivity index is 2.13. The molecule has 19 heavy (non-hydrogen) atoms. The Morgan fingerprint density at radius 3 is 2.89 bits per heavy atom. The van der Waals surface area contributed by atoms with Crippen molar-refractivity contribution in [2.75, 3.05) is 0 Å². The Bertz CT molecular complexity index is 599. The van der Waals surface area contributed by atoms with Gasteiger partial charge in [0.25, 0.3) is 5.69 Å². The Morgan fingerprint density at radius 1 is 1.53 bits per heavy atom. The van der Waals surface area contributed by atoms with Crippen molar-refractivity contribution in [3.8, 4) is 5.75 Å². The van der Waals surface area contributed by atoms with Crippen LogP contribution in [0.15, 0.2) is 24.4 Å². The van der Waals surface area contributed by atoms with Crippen molar-refractivity contribution in [1.29, 1.82) is 0 Å². The molecule has 0 aliphatic rings. The fraction of sp³-hybridized carbons (Fsp3) is 0.273. The quantitative estimate of drug-likeness (QED) is 0.476. The molecule has 0 aliphatic heterocycles. The second-order valence-electron chi connectivity index (χ2n) is 3.85. The van der Waals surface area contributed by atoms with Crippen LogP contribution >= 0.6 is 11.6 Å². The number of non-ortho nitro benzene ring substituents is 1. The first-order valence-corrected chi connectivity index (χ1v) is 5.95. The molecule has 0 fully saturated rings. The summed E-state index contributed by atoms with van der Waals surface area (Å²) in [5.41, 5.74) is 1.23. The predicted octanol–water partition coefficient (Wildman–Crippen LogP) is 2.04. The predicted molar refractivity (Wildman–Crippen MR) is 68.0 cm³/mol. The molecule has 0 N–H and O–H groups in total. The fourth-order valence-electron chi connectivity index (χ4n) is 1.54. The molecule has 1 heterocycles. The van der Waals surface area contributed by atoms with Gasteiger partial charge in [0.05, 0.1) is 17.0 Å². The SMILES string of the molecule is Cn1cc(COc2ccc([N+](=O)[O-])cc2CCl)nn1. The second-order valence-corrected chi connectivity index (χ2v) is 4.12. The summed E-state index contributed by atoms with van der Waals surface area (Å²) in [5.74, 6) is 0.642. The van der Waals surface area contributed by atoms with Crippen molar-refractivity contribution in [1.82, 2.24) is 15.0 Å². The highest BCUT2D eigenvalue weighted by molar-refractivity contribution is 6.17. The monoisotopic (exact) mass is 282 g/mol. The molecule has 100 valence electrons. The molecule has 0 atom stereocenters. The maximum Gasteiger partial charge on any atom is 0.270 e. The van der Waals surface area contributed by atoms with Crippen LogP contribution in [0, 0.1) is 10.1 Å². The van der Waals surface area contributed by atoms with Gasteiger partial charge in [-0.3, -0.25) is 14.8 Å². The third kappa shape index (κ3) is 3.19. The number of halogens is 1. The molecular formula is C11H11ClN4O3. The lowest BCUT2D eigenvalue weighted by Crippen LogP contribution is -1.99. The zero-order valence-electron chi connectivity index (χ0n) is 10.1. The first-order valence-electron chi connectivity index (χ1n) is 5.41. The normalized spacial score (nSPS) is 10.4. The topological polar surface area (TPSA) is 83.1 Å². The number of ether oxygens (including phenoxy) is 1. The van der Waals surface area contributed by atoms with Gasteiger partial charge in [0.15, 0.2) is 0 Å². The smallest absolute Gasteiger partial charge is 0.270 e. The summed E-state index contributed by atoms with van der Waals surface area (Å²) < 4.78 is 7.11. The van der Waals surface area contributed by atoms with E-state index >= 15 is 0 Å². The lowest BCUT2D eigenvalue weighted by atomic mass is 10.2. The van der Waals surface area contributed by atoms with E-state index < -0.39 is 4.92 Å². The summed E-state index contributed by atoms with van der Waals surface area (Å²) in [6.07, 6.45) is 1.73. The second kappa shape index (κ2) is 5.66. The molecule has 1 aromatic carbocycles. The number of nitrogens with zero attached hydrogens (tertiary/aromatic N) is 4. The number of nitro benzene ring substituents is 1. The minimum Gasteiger partial charge on any atom is -0.487 e. The summed E-state index contributed by atoms with van der Waals surface area (Å²) in [6, 6.07) is 4.31. The van der Waals surface area contributed by atoms with Gasteiger partial charge in [-0.1, -0.05) is 5.21 Å². The molecule has 0 bridgehead atoms. The van der Waals surface area contributed by atoms with Gasteiger partial charge in [-0.05, 0) is 6.07 Å². The Morgan fingerprint density at radius 2 is 2.32 bits per heavy atom. The third-order valence-electron chi connectivity index (χ3n) is 2.42. The summed E-state index contributed by atoms with van der Waals surface area (Å²) in [5, 5.41) is 18.3. The van der Waals surface area contributed by atoms with Gasteiger partial charge in [-0.25, -0.2) is 0 Å². The van der Waals surface area contributed by atoms with Crippen LogP contribution in [-0.2, 0) is 19.5 Å². The molecule has 8 heteroatoms. The molecule has 0 aliphatic carbocycles. The highest BCUT2D eigenvalue weighted by Crippen LogP contribution is 2.26. The van der Waals surface area contributed by atoms with Crippen molar-refractivity contribution in [2.45, 2.75) is 12.5 Å². The van der Waals surface area contributed by atoms with Crippen molar-refractivity contribution >= 4 is 17.3 Å². The van der Waals surface area contributed by atoms with Gasteiger partial charge in [-0.2, -0.15) is 0 Å². The molecule has 0 unspecified atom stereocenters. The van der Waals surface area contributed by atoms with E-state index in [0.29, 0.717) is 17.0 Å². The molecule has 7 nitrogen and oxygen atoms in total. The largest absolute Gasteiger partial charge is 0.487 e. The number of hydrogen-bond donors (Lipinski definition) is 0. The molecule has 1 aromatic heterocycles. The Labute approximate surface area is 113 Å². The zero-order valence-corrected chi connectivity index (χ0v) is 10.9. The number of rotatable bonds is 5. The maximum absolute atomic E-state index is 10.7. The molecule has 0 saturated heterocycles. The van der Waals surface area contributed by atoms with Crippen molar-refractivity contribution in [3.63, 3.8) is 0 Å². The lowest BCUT2D eigenvalue weighted by Gasteiger charge is -2.08. The number of hydrogen-bond acceptors (Lipinski definition) is 5. The van der Waals surface area contributed by atoms with E-state index in [9.17, 15) is 10.1 Å². The van der Waals surface area contributed by atoms with E-state index in [4.69, 9.17) is 16.3 Å². The number of aromatic nitrogens is 3. The molecule has 0 spiro atoms. The van der Waals surface area contributed by atoms with Crippen LogP contribution in [0.3, 0.4) is 0 Å². The Hall–Kier alpha value is -2.15. The van der Waals surface area contributed by atoms with Crippen LogP contribution in [0.4, 0.5) is 5.69 Å². The fourth-order valence-corrected chi connectivity index (χ4v) is 1.75. The lowest BCUT2D eigenvalue weighted by molar-refractivity contribution is -0.384.